The van der Waals surface area contributed by atoms with Crippen LogP contribution in [0.5, 0.6) is 0 Å². The lowest BCUT2D eigenvalue weighted by Crippen LogP contribution is -2.50. The van der Waals surface area contributed by atoms with Gasteiger partial charge in [-0.1, -0.05) is 41.3 Å². The normalized spacial score (nSPS) is 37.6. The van der Waals surface area contributed by atoms with Crippen LogP contribution in [0.2, 0.25) is 0 Å². The number of carbonyl (C=O) groups is 3. The standard InChI is InChI=1S/C21H34N3O6PS/c1-13-17(26)12-24-18(13)16(25)11-21(20(28)23-32(2,29)30)10-14(21)8-6-4-3-5-7-9-15(22-31)19(24)27/h6,8,13-15,17-18,22,26H,3-5,7,9-12,31H2,1-2H3,(H,23,28)/b8-6-/t13?,14-,15+,17+,18+,21-/m1/s1. The van der Waals surface area contributed by atoms with Crippen LogP contribution < -0.4 is 9.81 Å². The fraction of sp³-hybridized carbons (Fsp3) is 0.762. The van der Waals surface area contributed by atoms with Gasteiger partial charge in [-0.05, 0) is 31.6 Å². The number of amides is 2. The zero-order valence-electron chi connectivity index (χ0n) is 18.6. The molecule has 0 bridgehead atoms. The van der Waals surface area contributed by atoms with E-state index in [2.05, 4.69) is 14.5 Å². The van der Waals surface area contributed by atoms with Crippen LogP contribution in [0.4, 0.5) is 0 Å². The summed E-state index contributed by atoms with van der Waals surface area (Å²) >= 11 is 0. The third-order valence-corrected chi connectivity index (χ3v) is 7.98. The Morgan fingerprint density at radius 3 is 2.66 bits per heavy atom. The van der Waals surface area contributed by atoms with Crippen LogP contribution in [0.3, 0.4) is 0 Å². The molecule has 0 aromatic rings. The Bertz CT molecular complexity index is 894. The van der Waals surface area contributed by atoms with Crippen LogP contribution in [-0.2, 0) is 24.4 Å². The van der Waals surface area contributed by atoms with E-state index in [1.54, 1.807) is 6.92 Å². The molecule has 32 heavy (non-hydrogen) atoms. The number of aliphatic hydroxyl groups is 1. The molecule has 2 heterocycles. The van der Waals surface area contributed by atoms with Gasteiger partial charge in [-0.2, -0.15) is 0 Å². The molecule has 9 nitrogen and oxygen atoms in total. The molecule has 1 aliphatic carbocycles. The van der Waals surface area contributed by atoms with Gasteiger partial charge in [-0.15, -0.1) is 0 Å². The van der Waals surface area contributed by atoms with Gasteiger partial charge in [-0.25, -0.2) is 8.42 Å². The quantitative estimate of drug-likeness (QED) is 0.390. The molecule has 2 amide bonds. The summed E-state index contributed by atoms with van der Waals surface area (Å²) in [6, 6.07) is -1.33. The third kappa shape index (κ3) is 5.41. The number of carbonyl (C=O) groups excluding carboxylic acids is 3. The number of nitrogens with zero attached hydrogens (tertiary/aromatic N) is 1. The first-order chi connectivity index (χ1) is 15.0. The average molecular weight is 488 g/mol. The number of Topliss-reactive ketones (excluding diaryl/α,β-unsaturated/α-hetero) is 1. The van der Waals surface area contributed by atoms with Crippen molar-refractivity contribution in [1.29, 1.82) is 0 Å². The molecule has 2 aliphatic heterocycles. The van der Waals surface area contributed by atoms with Crippen molar-refractivity contribution in [2.24, 2.45) is 17.3 Å². The Morgan fingerprint density at radius 1 is 1.28 bits per heavy atom. The molecule has 7 atom stereocenters. The maximum absolute atomic E-state index is 13.5. The van der Waals surface area contributed by atoms with Crippen LogP contribution >= 0.6 is 9.39 Å². The number of hydrogen-bond acceptors (Lipinski definition) is 7. The zero-order valence-corrected chi connectivity index (χ0v) is 20.6. The highest BCUT2D eigenvalue weighted by molar-refractivity contribution is 7.89. The predicted octanol–water partition coefficient (Wildman–Crippen LogP) is 0.504. The Morgan fingerprint density at radius 2 is 2.00 bits per heavy atom. The van der Waals surface area contributed by atoms with Gasteiger partial charge in [0.25, 0.3) is 0 Å². The fourth-order valence-electron chi connectivity index (χ4n) is 5.01. The lowest BCUT2D eigenvalue weighted by atomic mass is 9.87. The predicted molar refractivity (Wildman–Crippen MR) is 123 cm³/mol. The lowest BCUT2D eigenvalue weighted by molar-refractivity contribution is -0.141. The highest BCUT2D eigenvalue weighted by atomic mass is 32.2. The largest absolute Gasteiger partial charge is 0.391 e. The lowest BCUT2D eigenvalue weighted by Gasteiger charge is -2.30. The van der Waals surface area contributed by atoms with Crippen molar-refractivity contribution in [3.8, 4) is 0 Å². The van der Waals surface area contributed by atoms with Crippen LogP contribution in [-0.4, -0.2) is 67.0 Å². The van der Waals surface area contributed by atoms with E-state index in [1.807, 2.05) is 16.9 Å². The van der Waals surface area contributed by atoms with E-state index in [-0.39, 0.29) is 30.6 Å². The topological polar surface area (TPSA) is 133 Å². The van der Waals surface area contributed by atoms with E-state index < -0.39 is 45.5 Å². The minimum Gasteiger partial charge on any atom is -0.391 e. The zero-order chi connectivity index (χ0) is 23.7. The number of sulfonamides is 1. The van der Waals surface area contributed by atoms with E-state index in [9.17, 15) is 27.9 Å². The summed E-state index contributed by atoms with van der Waals surface area (Å²) in [7, 11) is -1.41. The van der Waals surface area contributed by atoms with E-state index in [4.69, 9.17) is 0 Å². The van der Waals surface area contributed by atoms with Gasteiger partial charge in [0.2, 0.25) is 21.8 Å². The number of fused-ring (bicyclic) bond motifs is 2. The summed E-state index contributed by atoms with van der Waals surface area (Å²) < 4.78 is 25.4. The number of allylic oxidation sites excluding steroid dienone is 2. The van der Waals surface area contributed by atoms with Crippen molar-refractivity contribution in [2.45, 2.75) is 70.1 Å². The van der Waals surface area contributed by atoms with E-state index >= 15 is 0 Å². The third-order valence-electron chi connectivity index (χ3n) is 7.02. The molecule has 0 aromatic heterocycles. The molecular formula is C21H34N3O6PS. The Balaban J connectivity index is 1.93. The van der Waals surface area contributed by atoms with Crippen LogP contribution in [0, 0.1) is 17.3 Å². The van der Waals surface area contributed by atoms with Crippen molar-refractivity contribution in [3.63, 3.8) is 0 Å². The summed E-state index contributed by atoms with van der Waals surface area (Å²) in [5, 5.41) is 13.4. The second-order valence-electron chi connectivity index (χ2n) is 9.46. The van der Waals surface area contributed by atoms with Crippen molar-refractivity contribution >= 4 is 37.0 Å². The van der Waals surface area contributed by atoms with E-state index in [0.717, 1.165) is 31.9 Å². The number of nitrogens with one attached hydrogen (secondary N) is 2. The second kappa shape index (κ2) is 9.87. The highest BCUT2D eigenvalue weighted by Gasteiger charge is 2.61. The first-order valence-electron chi connectivity index (χ1n) is 11.2. The Kier molecular flexibility index (Phi) is 7.80. The molecule has 3 rings (SSSR count). The molecule has 0 aromatic carbocycles. The van der Waals surface area contributed by atoms with E-state index in [1.165, 1.54) is 4.90 Å². The second-order valence-corrected chi connectivity index (χ2v) is 11.5. The summed E-state index contributed by atoms with van der Waals surface area (Å²) in [5.41, 5.74) is -1.14. The monoisotopic (exact) mass is 487 g/mol. The van der Waals surface area contributed by atoms with Crippen molar-refractivity contribution in [3.05, 3.63) is 12.2 Å². The van der Waals surface area contributed by atoms with Crippen LogP contribution in [0.1, 0.15) is 51.9 Å². The summed E-state index contributed by atoms with van der Waals surface area (Å²) in [4.78, 5) is 41.0. The summed E-state index contributed by atoms with van der Waals surface area (Å²) in [6.07, 6.45) is 8.35. The minimum absolute atomic E-state index is 0.0606. The molecule has 2 unspecified atom stereocenters. The average Bonchev–Trinajstić information content (AvgIpc) is 3.31. The molecule has 0 spiro atoms. The van der Waals surface area contributed by atoms with Crippen molar-refractivity contribution < 1.29 is 27.9 Å². The van der Waals surface area contributed by atoms with Crippen LogP contribution in [0.25, 0.3) is 0 Å². The minimum atomic E-state index is -3.77. The molecule has 3 aliphatic rings. The maximum atomic E-state index is 13.5. The van der Waals surface area contributed by atoms with Gasteiger partial charge in [0.05, 0.1) is 29.9 Å². The first kappa shape index (κ1) is 25.3. The van der Waals surface area contributed by atoms with Gasteiger partial charge in [-0.3, -0.25) is 24.2 Å². The molecule has 11 heteroatoms. The first-order valence-corrected chi connectivity index (χ1v) is 13.6. The molecule has 0 radical (unpaired) electrons. The van der Waals surface area contributed by atoms with Crippen molar-refractivity contribution in [2.75, 3.05) is 12.8 Å². The Labute approximate surface area is 192 Å². The molecule has 180 valence electrons. The molecule has 3 N–H and O–H groups in total. The maximum Gasteiger partial charge on any atom is 0.240 e. The van der Waals surface area contributed by atoms with Gasteiger partial charge in [0, 0.05) is 18.9 Å². The Hall–Kier alpha value is -1.35. The smallest absolute Gasteiger partial charge is 0.240 e. The van der Waals surface area contributed by atoms with Gasteiger partial charge in [0.1, 0.15) is 0 Å². The number of ketones is 1. The van der Waals surface area contributed by atoms with Crippen LogP contribution in [0.15, 0.2) is 12.2 Å². The fourth-order valence-corrected chi connectivity index (χ4v) is 5.86. The molecule has 1 saturated carbocycles. The molecular weight excluding hydrogens is 453 g/mol. The molecule has 2 fully saturated rings. The number of hydrogen-bond donors (Lipinski definition) is 3. The van der Waals surface area contributed by atoms with Gasteiger partial charge < -0.3 is 10.0 Å². The highest BCUT2D eigenvalue weighted by Crippen LogP contribution is 2.57. The van der Waals surface area contributed by atoms with E-state index in [0.29, 0.717) is 12.8 Å². The number of aliphatic hydroxyl groups excluding tert-OH is 1. The van der Waals surface area contributed by atoms with Crippen molar-refractivity contribution in [1.82, 2.24) is 14.7 Å². The SMILES string of the molecule is CC1[C@H]2C(=O)C[C@]3(C(=O)NS(C)(=O)=O)C[C@H]3/C=C\CCCCC[C@H](NP)C(=O)N2C[C@@H]1O. The summed E-state index contributed by atoms with van der Waals surface area (Å²) in [5.74, 6) is -1.95. The van der Waals surface area contributed by atoms with Gasteiger partial charge in [0.15, 0.2) is 5.78 Å². The number of rotatable bonds is 3. The van der Waals surface area contributed by atoms with Gasteiger partial charge >= 0.3 is 0 Å². The summed E-state index contributed by atoms with van der Waals surface area (Å²) in [6.45, 7) is 1.79. The molecule has 1 saturated heterocycles.